The van der Waals surface area contributed by atoms with E-state index in [0.29, 0.717) is 19.3 Å². The summed E-state index contributed by atoms with van der Waals surface area (Å²) in [6.07, 6.45) is 88.6. The molecule has 0 saturated heterocycles. The third-order valence-corrected chi connectivity index (χ3v) is 16.3. The van der Waals surface area contributed by atoms with E-state index in [1.54, 1.807) is 0 Å². The van der Waals surface area contributed by atoms with E-state index in [9.17, 15) is 14.4 Å². The predicted octanol–water partition coefficient (Wildman–Crippen LogP) is 24.9. The molecule has 0 aliphatic carbocycles. The van der Waals surface area contributed by atoms with Crippen LogP contribution in [0.1, 0.15) is 393 Å². The van der Waals surface area contributed by atoms with E-state index >= 15 is 0 Å². The molecule has 0 saturated carbocycles. The molecule has 0 aromatic heterocycles. The Labute approximate surface area is 505 Å². The van der Waals surface area contributed by atoms with Crippen LogP contribution in [0.4, 0.5) is 0 Å². The van der Waals surface area contributed by atoms with E-state index in [1.807, 2.05) is 0 Å². The molecular formula is C75H138O6. The van der Waals surface area contributed by atoms with E-state index in [2.05, 4.69) is 69.4 Å². The maximum Gasteiger partial charge on any atom is 0.306 e. The lowest BCUT2D eigenvalue weighted by Gasteiger charge is -2.18. The number of unbranched alkanes of at least 4 members (excludes halogenated alkanes) is 48. The van der Waals surface area contributed by atoms with Gasteiger partial charge in [-0.25, -0.2) is 0 Å². The van der Waals surface area contributed by atoms with Crippen molar-refractivity contribution >= 4 is 17.9 Å². The first kappa shape index (κ1) is 78.4. The topological polar surface area (TPSA) is 78.9 Å². The molecule has 0 radical (unpaired) electrons. The maximum absolute atomic E-state index is 12.9. The summed E-state index contributed by atoms with van der Waals surface area (Å²) in [5.74, 6) is -0.851. The number of rotatable bonds is 67. The molecule has 0 bridgehead atoms. The molecule has 0 aromatic rings. The fourth-order valence-electron chi connectivity index (χ4n) is 10.9. The summed E-state index contributed by atoms with van der Waals surface area (Å²) in [6, 6.07) is 0. The molecule has 474 valence electrons. The van der Waals surface area contributed by atoms with Crippen LogP contribution in [0.15, 0.2) is 48.6 Å². The number of allylic oxidation sites excluding steroid dienone is 8. The molecule has 0 aliphatic rings. The monoisotopic (exact) mass is 1140 g/mol. The summed E-state index contributed by atoms with van der Waals surface area (Å²) in [5.41, 5.74) is 0. The standard InChI is InChI=1S/C75H138O6/c1-4-7-10-13-16-19-22-25-28-30-31-32-33-34-35-36-37-38-39-40-41-42-43-44-45-46-48-50-53-56-59-62-65-68-74(77)80-71-72(70-79-73(76)67-64-61-58-55-52-49-27-24-21-18-15-12-9-6-3)81-75(78)69-66-63-60-57-54-51-47-29-26-23-20-17-14-11-8-5-2/h22,24-25,27,30-31,33-34,72H,4-21,23,26,28-29,32,35-71H2,1-3H3/b25-22-,27-24-,31-30-,34-33-. The molecule has 1 unspecified atom stereocenters. The van der Waals surface area contributed by atoms with Crippen molar-refractivity contribution in [3.8, 4) is 0 Å². The maximum atomic E-state index is 12.9. The first-order valence-electron chi connectivity index (χ1n) is 36.1. The van der Waals surface area contributed by atoms with Crippen molar-refractivity contribution in [2.75, 3.05) is 13.2 Å². The lowest BCUT2D eigenvalue weighted by molar-refractivity contribution is -0.167. The van der Waals surface area contributed by atoms with Crippen LogP contribution >= 0.6 is 0 Å². The Morgan fingerprint density at radius 2 is 0.444 bits per heavy atom. The van der Waals surface area contributed by atoms with Gasteiger partial charge in [-0.2, -0.15) is 0 Å². The Kier molecular flexibility index (Phi) is 67.6. The van der Waals surface area contributed by atoms with Gasteiger partial charge in [0.05, 0.1) is 0 Å². The summed E-state index contributed by atoms with van der Waals surface area (Å²) in [5, 5.41) is 0. The molecule has 6 nitrogen and oxygen atoms in total. The Morgan fingerprint density at radius 1 is 0.247 bits per heavy atom. The van der Waals surface area contributed by atoms with Crippen LogP contribution in [0, 0.1) is 0 Å². The second-order valence-electron chi connectivity index (χ2n) is 24.5. The van der Waals surface area contributed by atoms with Crippen molar-refractivity contribution in [3.05, 3.63) is 48.6 Å². The SMILES string of the molecule is CCCCCCC/C=C\C/C=C\C/C=C\CCCCCCCCCCCCCCCCCCCCC(=O)OCC(COC(=O)CCCCCCC/C=C\CCCCCCC)OC(=O)CCCCCCCCCCCCCCCCCC. The molecule has 0 amide bonds. The molecule has 0 heterocycles. The van der Waals surface area contributed by atoms with Gasteiger partial charge in [-0.3, -0.25) is 14.4 Å². The fourth-order valence-corrected chi connectivity index (χ4v) is 10.9. The molecular weight excluding hydrogens is 997 g/mol. The van der Waals surface area contributed by atoms with Gasteiger partial charge in [-0.05, 0) is 83.5 Å². The first-order valence-corrected chi connectivity index (χ1v) is 36.1. The minimum atomic E-state index is -0.773. The van der Waals surface area contributed by atoms with Crippen molar-refractivity contribution < 1.29 is 28.6 Å². The summed E-state index contributed by atoms with van der Waals surface area (Å²) in [4.78, 5) is 38.4. The molecule has 0 aromatic carbocycles. The van der Waals surface area contributed by atoms with Gasteiger partial charge in [0, 0.05) is 19.3 Å². The van der Waals surface area contributed by atoms with Gasteiger partial charge in [0.2, 0.25) is 0 Å². The largest absolute Gasteiger partial charge is 0.462 e. The van der Waals surface area contributed by atoms with Gasteiger partial charge < -0.3 is 14.2 Å². The lowest BCUT2D eigenvalue weighted by Crippen LogP contribution is -2.30. The van der Waals surface area contributed by atoms with Crippen LogP contribution in [-0.4, -0.2) is 37.2 Å². The van der Waals surface area contributed by atoms with Gasteiger partial charge in [-0.1, -0.05) is 339 Å². The van der Waals surface area contributed by atoms with E-state index in [1.165, 1.54) is 276 Å². The van der Waals surface area contributed by atoms with E-state index in [0.717, 1.165) is 77.0 Å². The van der Waals surface area contributed by atoms with Gasteiger partial charge in [0.15, 0.2) is 6.10 Å². The van der Waals surface area contributed by atoms with Crippen LogP contribution in [0.5, 0.6) is 0 Å². The number of ether oxygens (including phenoxy) is 3. The van der Waals surface area contributed by atoms with E-state index < -0.39 is 6.10 Å². The second kappa shape index (κ2) is 69.9. The third-order valence-electron chi connectivity index (χ3n) is 16.3. The van der Waals surface area contributed by atoms with Gasteiger partial charge in [0.1, 0.15) is 13.2 Å². The van der Waals surface area contributed by atoms with Crippen molar-refractivity contribution in [2.45, 2.75) is 399 Å². The van der Waals surface area contributed by atoms with Crippen molar-refractivity contribution in [1.29, 1.82) is 0 Å². The van der Waals surface area contributed by atoms with Gasteiger partial charge >= 0.3 is 17.9 Å². The van der Waals surface area contributed by atoms with Crippen LogP contribution in [-0.2, 0) is 28.6 Å². The van der Waals surface area contributed by atoms with E-state index in [-0.39, 0.29) is 31.1 Å². The summed E-state index contributed by atoms with van der Waals surface area (Å²) in [6.45, 7) is 6.68. The van der Waals surface area contributed by atoms with Crippen molar-refractivity contribution in [3.63, 3.8) is 0 Å². The highest BCUT2D eigenvalue weighted by Gasteiger charge is 2.19. The highest BCUT2D eigenvalue weighted by molar-refractivity contribution is 5.71. The number of carbonyl (C=O) groups is 3. The van der Waals surface area contributed by atoms with Crippen molar-refractivity contribution in [2.24, 2.45) is 0 Å². The Balaban J connectivity index is 4.13. The Bertz CT molecular complexity index is 1400. The number of hydrogen-bond donors (Lipinski definition) is 0. The molecule has 0 N–H and O–H groups in total. The smallest absolute Gasteiger partial charge is 0.306 e. The predicted molar refractivity (Wildman–Crippen MR) is 353 cm³/mol. The average molecular weight is 1140 g/mol. The lowest BCUT2D eigenvalue weighted by atomic mass is 10.0. The van der Waals surface area contributed by atoms with Gasteiger partial charge in [0.25, 0.3) is 0 Å². The first-order chi connectivity index (χ1) is 40.0. The van der Waals surface area contributed by atoms with Crippen LogP contribution in [0.2, 0.25) is 0 Å². The molecule has 6 heteroatoms. The highest BCUT2D eigenvalue weighted by Crippen LogP contribution is 2.18. The average Bonchev–Trinajstić information content (AvgIpc) is 3.47. The van der Waals surface area contributed by atoms with Gasteiger partial charge in [-0.15, -0.1) is 0 Å². The van der Waals surface area contributed by atoms with Crippen LogP contribution in [0.25, 0.3) is 0 Å². The van der Waals surface area contributed by atoms with Crippen LogP contribution < -0.4 is 0 Å². The summed E-state index contributed by atoms with van der Waals surface area (Å²) in [7, 11) is 0. The minimum Gasteiger partial charge on any atom is -0.462 e. The number of carbonyl (C=O) groups excluding carboxylic acids is 3. The molecule has 0 spiro atoms. The Morgan fingerprint density at radius 3 is 0.704 bits per heavy atom. The normalized spacial score (nSPS) is 12.3. The molecule has 1 atom stereocenters. The molecule has 0 fully saturated rings. The second-order valence-corrected chi connectivity index (χ2v) is 24.5. The number of hydrogen-bond acceptors (Lipinski definition) is 6. The zero-order chi connectivity index (χ0) is 58.5. The molecule has 0 aliphatic heterocycles. The third kappa shape index (κ3) is 68.0. The number of esters is 3. The minimum absolute atomic E-state index is 0.0698. The Hall–Kier alpha value is -2.63. The molecule has 81 heavy (non-hydrogen) atoms. The zero-order valence-corrected chi connectivity index (χ0v) is 54.6. The highest BCUT2D eigenvalue weighted by atomic mass is 16.6. The summed E-state index contributed by atoms with van der Waals surface area (Å²) < 4.78 is 17.0. The zero-order valence-electron chi connectivity index (χ0n) is 54.6. The van der Waals surface area contributed by atoms with E-state index in [4.69, 9.17) is 14.2 Å². The fraction of sp³-hybridized carbons (Fsp3) is 0.853. The summed E-state index contributed by atoms with van der Waals surface area (Å²) >= 11 is 0. The van der Waals surface area contributed by atoms with Crippen molar-refractivity contribution in [1.82, 2.24) is 0 Å². The quantitative estimate of drug-likeness (QED) is 0.0261. The molecule has 0 rings (SSSR count). The van der Waals surface area contributed by atoms with Crippen LogP contribution in [0.3, 0.4) is 0 Å².